The summed E-state index contributed by atoms with van der Waals surface area (Å²) in [5.74, 6) is -0.168. The van der Waals surface area contributed by atoms with Gasteiger partial charge in [-0.25, -0.2) is 0 Å². The molecular weight excluding hydrogens is 244 g/mol. The first-order valence-corrected chi connectivity index (χ1v) is 5.75. The molecule has 0 atom stereocenters. The zero-order valence-electron chi connectivity index (χ0n) is 9.95. The number of benzene rings is 1. The monoisotopic (exact) mass is 254 g/mol. The van der Waals surface area contributed by atoms with Gasteiger partial charge < -0.3 is 8.98 Å². The Morgan fingerprint density at radius 2 is 2.16 bits per heavy atom. The number of carbonyl (C=O) groups is 1. The maximum absolute atomic E-state index is 12.2. The summed E-state index contributed by atoms with van der Waals surface area (Å²) in [6.07, 6.45) is 5.57. The summed E-state index contributed by atoms with van der Waals surface area (Å²) < 4.78 is 6.63. The van der Waals surface area contributed by atoms with Crippen LogP contribution in [0.15, 0.2) is 58.3 Å². The summed E-state index contributed by atoms with van der Waals surface area (Å²) in [6, 6.07) is 7.30. The number of rotatable bonds is 3. The Bertz CT molecular complexity index is 801. The van der Waals surface area contributed by atoms with E-state index >= 15 is 0 Å². The molecule has 0 N–H and O–H groups in total. The number of nitrogens with zero attached hydrogens (tertiary/aromatic N) is 2. The molecule has 0 saturated heterocycles. The van der Waals surface area contributed by atoms with Crippen molar-refractivity contribution in [2.24, 2.45) is 0 Å². The highest BCUT2D eigenvalue weighted by Crippen LogP contribution is 2.21. The second-order valence-electron chi connectivity index (χ2n) is 4.11. The number of para-hydroxylation sites is 1. The number of fused-ring (bicyclic) bond motifs is 1. The van der Waals surface area contributed by atoms with Crippen LogP contribution in [0.25, 0.3) is 11.0 Å². The Balaban J connectivity index is 1.97. The molecule has 0 amide bonds. The van der Waals surface area contributed by atoms with Crippen LogP contribution in [0.3, 0.4) is 0 Å². The van der Waals surface area contributed by atoms with Crippen molar-refractivity contribution >= 4 is 16.8 Å². The molecule has 5 nitrogen and oxygen atoms in total. The summed E-state index contributed by atoms with van der Waals surface area (Å²) in [7, 11) is 0. The van der Waals surface area contributed by atoms with Crippen LogP contribution in [0.2, 0.25) is 0 Å². The van der Waals surface area contributed by atoms with Gasteiger partial charge in [-0.2, -0.15) is 0 Å². The van der Waals surface area contributed by atoms with Gasteiger partial charge in [-0.1, -0.05) is 18.2 Å². The minimum Gasteiger partial charge on any atom is -0.464 e. The van der Waals surface area contributed by atoms with Crippen molar-refractivity contribution in [1.29, 1.82) is 0 Å². The molecule has 0 radical (unpaired) electrons. The van der Waals surface area contributed by atoms with Crippen molar-refractivity contribution in [3.8, 4) is 0 Å². The summed E-state index contributed by atoms with van der Waals surface area (Å²) in [5.41, 5.74) is 0.843. The number of ketones is 1. The van der Waals surface area contributed by atoms with Gasteiger partial charge in [0.2, 0.25) is 0 Å². The highest BCUT2D eigenvalue weighted by molar-refractivity contribution is 6.06. The molecule has 3 aromatic rings. The van der Waals surface area contributed by atoms with Crippen LogP contribution < -0.4 is 5.56 Å². The van der Waals surface area contributed by atoms with Crippen molar-refractivity contribution in [1.82, 2.24) is 9.55 Å². The van der Waals surface area contributed by atoms with E-state index < -0.39 is 0 Å². The van der Waals surface area contributed by atoms with Gasteiger partial charge in [0, 0.05) is 17.8 Å². The standard InChI is InChI=1S/C14H10N2O3/c17-12(8-16-6-5-15-7-14(16)18)11-9-19-13-4-2-1-3-10(11)13/h1-7,9H,8H2. The number of furan rings is 1. The third-order valence-electron chi connectivity index (χ3n) is 2.90. The van der Waals surface area contributed by atoms with Gasteiger partial charge >= 0.3 is 0 Å². The zero-order valence-corrected chi connectivity index (χ0v) is 9.95. The molecule has 1 aromatic carbocycles. The first kappa shape index (κ1) is 11.4. The van der Waals surface area contributed by atoms with E-state index in [0.29, 0.717) is 11.1 Å². The lowest BCUT2D eigenvalue weighted by Crippen LogP contribution is -2.23. The smallest absolute Gasteiger partial charge is 0.269 e. The quantitative estimate of drug-likeness (QED) is 0.669. The number of aromatic nitrogens is 2. The van der Waals surface area contributed by atoms with Gasteiger partial charge in [0.25, 0.3) is 5.56 Å². The lowest BCUT2D eigenvalue weighted by atomic mass is 10.1. The fourth-order valence-corrected chi connectivity index (χ4v) is 1.94. The van der Waals surface area contributed by atoms with E-state index in [1.54, 1.807) is 6.07 Å². The highest BCUT2D eigenvalue weighted by atomic mass is 16.3. The van der Waals surface area contributed by atoms with Crippen LogP contribution in [0.1, 0.15) is 10.4 Å². The first-order valence-electron chi connectivity index (χ1n) is 5.75. The highest BCUT2D eigenvalue weighted by Gasteiger charge is 2.14. The summed E-state index contributed by atoms with van der Waals surface area (Å²) in [5, 5.41) is 0.759. The fraction of sp³-hybridized carbons (Fsp3) is 0.0714. The van der Waals surface area contributed by atoms with Crippen LogP contribution in [-0.4, -0.2) is 15.3 Å². The van der Waals surface area contributed by atoms with Gasteiger partial charge in [-0.15, -0.1) is 0 Å². The molecule has 0 fully saturated rings. The van der Waals surface area contributed by atoms with Crippen LogP contribution in [0.4, 0.5) is 0 Å². The minimum atomic E-state index is -0.302. The SMILES string of the molecule is O=C(Cn1ccncc1=O)c1coc2ccccc12. The average Bonchev–Trinajstić information content (AvgIpc) is 2.85. The van der Waals surface area contributed by atoms with Crippen LogP contribution in [0, 0.1) is 0 Å². The third-order valence-corrected chi connectivity index (χ3v) is 2.90. The molecule has 94 valence electrons. The zero-order chi connectivity index (χ0) is 13.2. The Morgan fingerprint density at radius 3 is 3.00 bits per heavy atom. The van der Waals surface area contributed by atoms with Crippen molar-refractivity contribution in [3.05, 3.63) is 65.0 Å². The van der Waals surface area contributed by atoms with Crippen LogP contribution >= 0.6 is 0 Å². The number of carbonyl (C=O) groups excluding carboxylic acids is 1. The van der Waals surface area contributed by atoms with Gasteiger partial charge in [0.05, 0.1) is 18.3 Å². The Kier molecular flexibility index (Phi) is 2.72. The van der Waals surface area contributed by atoms with E-state index in [-0.39, 0.29) is 17.9 Å². The van der Waals surface area contributed by atoms with Gasteiger partial charge in [0.1, 0.15) is 11.8 Å². The van der Waals surface area contributed by atoms with Gasteiger partial charge in [0.15, 0.2) is 5.78 Å². The molecular formula is C14H10N2O3. The number of Topliss-reactive ketones (excluding diaryl/α,β-unsaturated/α-hetero) is 1. The maximum Gasteiger partial charge on any atom is 0.269 e. The Labute approximate surface area is 108 Å². The molecule has 0 aliphatic heterocycles. The van der Waals surface area contributed by atoms with Crippen molar-refractivity contribution < 1.29 is 9.21 Å². The van der Waals surface area contributed by atoms with Crippen molar-refractivity contribution in [3.63, 3.8) is 0 Å². The van der Waals surface area contributed by atoms with Crippen molar-refractivity contribution in [2.45, 2.75) is 6.54 Å². The molecule has 2 aromatic heterocycles. The van der Waals surface area contributed by atoms with Crippen LogP contribution in [-0.2, 0) is 6.54 Å². The topological polar surface area (TPSA) is 65.1 Å². The largest absolute Gasteiger partial charge is 0.464 e. The minimum absolute atomic E-state index is 0.0229. The fourth-order valence-electron chi connectivity index (χ4n) is 1.94. The number of hydrogen-bond donors (Lipinski definition) is 0. The Hall–Kier alpha value is -2.69. The summed E-state index contributed by atoms with van der Waals surface area (Å²) in [4.78, 5) is 27.4. The van der Waals surface area contributed by atoms with Crippen molar-refractivity contribution in [2.75, 3.05) is 0 Å². The molecule has 3 rings (SSSR count). The molecule has 0 aliphatic rings. The predicted molar refractivity (Wildman–Crippen MR) is 69.0 cm³/mol. The van der Waals surface area contributed by atoms with E-state index in [9.17, 15) is 9.59 Å². The average molecular weight is 254 g/mol. The molecule has 0 bridgehead atoms. The lowest BCUT2D eigenvalue weighted by Gasteiger charge is -2.02. The molecule has 19 heavy (non-hydrogen) atoms. The van der Waals surface area contributed by atoms with Crippen LogP contribution in [0.5, 0.6) is 0 Å². The second-order valence-corrected chi connectivity index (χ2v) is 4.11. The van der Waals surface area contributed by atoms with Gasteiger partial charge in [-0.05, 0) is 6.07 Å². The lowest BCUT2D eigenvalue weighted by molar-refractivity contribution is 0.0971. The summed E-state index contributed by atoms with van der Waals surface area (Å²) >= 11 is 0. The van der Waals surface area contributed by atoms with E-state index in [1.165, 1.54) is 29.4 Å². The number of hydrogen-bond acceptors (Lipinski definition) is 4. The molecule has 0 spiro atoms. The third kappa shape index (κ3) is 2.06. The van der Waals surface area contributed by atoms with E-state index in [0.717, 1.165) is 5.39 Å². The second kappa shape index (κ2) is 4.53. The molecule has 0 saturated carbocycles. The van der Waals surface area contributed by atoms with E-state index in [4.69, 9.17) is 4.42 Å². The molecule has 2 heterocycles. The predicted octanol–water partition coefficient (Wildman–Crippen LogP) is 1.87. The summed E-state index contributed by atoms with van der Waals surface area (Å²) in [6.45, 7) is -0.0229. The Morgan fingerprint density at radius 1 is 1.32 bits per heavy atom. The maximum atomic E-state index is 12.2. The first-order chi connectivity index (χ1) is 9.25. The molecule has 5 heteroatoms. The van der Waals surface area contributed by atoms with E-state index in [2.05, 4.69) is 4.98 Å². The normalized spacial score (nSPS) is 10.7. The van der Waals surface area contributed by atoms with E-state index in [1.807, 2.05) is 18.2 Å². The molecule has 0 aliphatic carbocycles. The van der Waals surface area contributed by atoms with Gasteiger partial charge in [-0.3, -0.25) is 14.6 Å². The molecule has 0 unspecified atom stereocenters.